The molecule has 0 aliphatic rings. The number of benzene rings is 1. The summed E-state index contributed by atoms with van der Waals surface area (Å²) in [6.45, 7) is 4.04. The highest BCUT2D eigenvalue weighted by atomic mass is 35.5. The Morgan fingerprint density at radius 2 is 1.73 bits per heavy atom. The predicted molar refractivity (Wildman–Crippen MR) is 126 cm³/mol. The number of carbonyl (C=O) groups is 2. The molecule has 33 heavy (non-hydrogen) atoms. The summed E-state index contributed by atoms with van der Waals surface area (Å²) in [5.41, 5.74) is 3.18. The van der Waals surface area contributed by atoms with Gasteiger partial charge in [-0.15, -0.1) is 0 Å². The van der Waals surface area contributed by atoms with Crippen LogP contribution >= 0.6 is 23.2 Å². The van der Waals surface area contributed by atoms with E-state index in [-0.39, 0.29) is 21.7 Å². The Balaban J connectivity index is 1.67. The molecule has 0 aliphatic heterocycles. The van der Waals surface area contributed by atoms with Crippen molar-refractivity contribution in [3.63, 3.8) is 0 Å². The first-order chi connectivity index (χ1) is 15.7. The number of ether oxygens (including phenoxy) is 3. The highest BCUT2D eigenvalue weighted by Gasteiger charge is 2.20. The Morgan fingerprint density at radius 3 is 2.42 bits per heavy atom. The summed E-state index contributed by atoms with van der Waals surface area (Å²) in [5.74, 6) is 0.222. The second-order valence-electron chi connectivity index (χ2n) is 7.34. The molecule has 2 heterocycles. The molecule has 0 bridgehead atoms. The van der Waals surface area contributed by atoms with Crippen molar-refractivity contribution in [2.75, 3.05) is 20.8 Å². The fraction of sp³-hybridized carbons (Fsp3) is 0.292. The van der Waals surface area contributed by atoms with Crippen molar-refractivity contribution < 1.29 is 23.8 Å². The van der Waals surface area contributed by atoms with Crippen LogP contribution in [-0.2, 0) is 17.7 Å². The summed E-state index contributed by atoms with van der Waals surface area (Å²) < 4.78 is 17.8. The lowest BCUT2D eigenvalue weighted by atomic mass is 10.1. The van der Waals surface area contributed by atoms with Gasteiger partial charge >= 0.3 is 5.97 Å². The Morgan fingerprint density at radius 1 is 1.00 bits per heavy atom. The fourth-order valence-electron chi connectivity index (χ4n) is 3.54. The average molecular weight is 491 g/mol. The minimum Gasteiger partial charge on any atom is -0.493 e. The van der Waals surface area contributed by atoms with Crippen LogP contribution in [0.4, 0.5) is 0 Å². The third-order valence-electron chi connectivity index (χ3n) is 5.29. The first kappa shape index (κ1) is 24.6. The third-order valence-corrected chi connectivity index (χ3v) is 5.80. The van der Waals surface area contributed by atoms with Crippen LogP contribution in [0.3, 0.4) is 0 Å². The maximum Gasteiger partial charge on any atom is 0.359 e. The van der Waals surface area contributed by atoms with Crippen molar-refractivity contribution in [2.24, 2.45) is 0 Å². The molecule has 3 aromatic rings. The van der Waals surface area contributed by atoms with Crippen LogP contribution in [0.2, 0.25) is 10.2 Å². The van der Waals surface area contributed by atoms with Gasteiger partial charge in [0.05, 0.1) is 19.2 Å². The predicted octanol–water partition coefficient (Wildman–Crippen LogP) is 5.11. The van der Waals surface area contributed by atoms with Crippen molar-refractivity contribution in [3.05, 3.63) is 74.8 Å². The van der Waals surface area contributed by atoms with Crippen LogP contribution in [0.25, 0.3) is 0 Å². The molecule has 0 atom stereocenters. The van der Waals surface area contributed by atoms with Crippen LogP contribution in [0.1, 0.15) is 37.8 Å². The molecular weight excluding hydrogens is 467 g/mol. The molecule has 7 nitrogen and oxygen atoms in total. The summed E-state index contributed by atoms with van der Waals surface area (Å²) in [6.07, 6.45) is 0.734. The number of Topliss-reactive ketones (excluding diaryl/α,β-unsaturated/α-hetero) is 1. The van der Waals surface area contributed by atoms with Crippen LogP contribution in [0.5, 0.6) is 11.5 Å². The quantitative estimate of drug-likeness (QED) is 0.235. The molecule has 2 aromatic heterocycles. The highest BCUT2D eigenvalue weighted by molar-refractivity contribution is 6.34. The van der Waals surface area contributed by atoms with E-state index < -0.39 is 12.6 Å². The number of hydrogen-bond acceptors (Lipinski definition) is 6. The molecule has 0 aliphatic carbocycles. The molecule has 0 radical (unpaired) electrons. The first-order valence-electron chi connectivity index (χ1n) is 10.1. The lowest BCUT2D eigenvalue weighted by molar-refractivity contribution is 0.0469. The van der Waals surface area contributed by atoms with Gasteiger partial charge in [-0.05, 0) is 56.2 Å². The number of pyridine rings is 1. The maximum absolute atomic E-state index is 12.7. The minimum absolute atomic E-state index is 0.102. The average Bonchev–Trinajstić information content (AvgIpc) is 3.10. The van der Waals surface area contributed by atoms with E-state index in [0.29, 0.717) is 23.6 Å². The van der Waals surface area contributed by atoms with Crippen LogP contribution in [0, 0.1) is 13.8 Å². The number of methoxy groups -OCH3 is 2. The van der Waals surface area contributed by atoms with Gasteiger partial charge in [-0.3, -0.25) is 4.79 Å². The number of hydrogen-bond donors (Lipinski definition) is 0. The molecule has 0 unspecified atom stereocenters. The van der Waals surface area contributed by atoms with Gasteiger partial charge in [0.25, 0.3) is 0 Å². The summed E-state index contributed by atoms with van der Waals surface area (Å²) in [6, 6.07) is 10.5. The zero-order valence-corrected chi connectivity index (χ0v) is 20.3. The highest BCUT2D eigenvalue weighted by Crippen LogP contribution is 2.28. The zero-order valence-electron chi connectivity index (χ0n) is 18.8. The standard InChI is InChI=1S/C24H24Cl2N2O5/c1-14-11-17(19(29)13-33-24(30)23-18(25)6-8-22(26)27-23)15(2)28(14)10-9-16-5-7-20(31-3)21(12-16)32-4/h5-8,11-12H,9-10,13H2,1-4H3. The van der Waals surface area contributed by atoms with Crippen molar-refractivity contribution in [2.45, 2.75) is 26.8 Å². The number of ketones is 1. The number of aromatic nitrogens is 2. The largest absolute Gasteiger partial charge is 0.493 e. The molecule has 174 valence electrons. The Hall–Kier alpha value is -3.03. The fourth-order valence-corrected chi connectivity index (χ4v) is 3.87. The Kier molecular flexibility index (Phi) is 8.00. The van der Waals surface area contributed by atoms with E-state index in [2.05, 4.69) is 9.55 Å². The van der Waals surface area contributed by atoms with Gasteiger partial charge in [0, 0.05) is 23.5 Å². The van der Waals surface area contributed by atoms with E-state index in [0.717, 1.165) is 23.4 Å². The smallest absolute Gasteiger partial charge is 0.359 e. The monoisotopic (exact) mass is 490 g/mol. The zero-order chi connectivity index (χ0) is 24.1. The number of esters is 1. The number of halogens is 2. The van der Waals surface area contributed by atoms with Gasteiger partial charge in [0.15, 0.2) is 23.8 Å². The second kappa shape index (κ2) is 10.7. The van der Waals surface area contributed by atoms with Crippen molar-refractivity contribution in [1.82, 2.24) is 9.55 Å². The number of nitrogens with zero attached hydrogens (tertiary/aromatic N) is 2. The molecule has 0 N–H and O–H groups in total. The van der Waals surface area contributed by atoms with E-state index in [1.54, 1.807) is 20.3 Å². The number of aryl methyl sites for hydroxylation is 2. The maximum atomic E-state index is 12.7. The van der Waals surface area contributed by atoms with Gasteiger partial charge in [-0.25, -0.2) is 9.78 Å². The lowest BCUT2D eigenvalue weighted by Crippen LogP contribution is -2.16. The molecule has 0 spiro atoms. The summed E-state index contributed by atoms with van der Waals surface area (Å²) in [4.78, 5) is 28.9. The molecule has 0 saturated carbocycles. The van der Waals surface area contributed by atoms with Crippen molar-refractivity contribution in [1.29, 1.82) is 0 Å². The van der Waals surface area contributed by atoms with Crippen molar-refractivity contribution in [3.8, 4) is 11.5 Å². The lowest BCUT2D eigenvalue weighted by Gasteiger charge is -2.12. The molecule has 9 heteroatoms. The molecule has 0 amide bonds. The van der Waals surface area contributed by atoms with E-state index in [1.165, 1.54) is 12.1 Å². The minimum atomic E-state index is -0.807. The van der Waals surface area contributed by atoms with E-state index >= 15 is 0 Å². The molecule has 3 rings (SSSR count). The van der Waals surface area contributed by atoms with Gasteiger partial charge in [0.1, 0.15) is 5.15 Å². The number of rotatable bonds is 9. The van der Waals surface area contributed by atoms with Crippen LogP contribution in [-0.4, -0.2) is 42.1 Å². The van der Waals surface area contributed by atoms with Gasteiger partial charge < -0.3 is 18.8 Å². The Bertz CT molecular complexity index is 1190. The molecule has 0 saturated heterocycles. The third kappa shape index (κ3) is 5.67. The topological polar surface area (TPSA) is 79.7 Å². The normalized spacial score (nSPS) is 10.7. The summed E-state index contributed by atoms with van der Waals surface area (Å²) in [7, 11) is 3.20. The molecule has 0 fully saturated rings. The first-order valence-corrected chi connectivity index (χ1v) is 10.9. The molecule has 1 aromatic carbocycles. The second-order valence-corrected chi connectivity index (χ2v) is 8.13. The summed E-state index contributed by atoms with van der Waals surface area (Å²) in [5, 5.41) is 0.209. The van der Waals surface area contributed by atoms with E-state index in [1.807, 2.05) is 32.0 Å². The van der Waals surface area contributed by atoms with Crippen LogP contribution < -0.4 is 9.47 Å². The van der Waals surface area contributed by atoms with E-state index in [4.69, 9.17) is 37.4 Å². The Labute approximate surface area is 202 Å². The molecular formula is C24H24Cl2N2O5. The van der Waals surface area contributed by atoms with Gasteiger partial charge in [-0.1, -0.05) is 29.3 Å². The summed E-state index contributed by atoms with van der Waals surface area (Å²) >= 11 is 11.8. The van der Waals surface area contributed by atoms with Gasteiger partial charge in [-0.2, -0.15) is 0 Å². The van der Waals surface area contributed by atoms with Crippen molar-refractivity contribution >= 4 is 35.0 Å². The van der Waals surface area contributed by atoms with E-state index in [9.17, 15) is 9.59 Å². The SMILES string of the molecule is COc1ccc(CCn2c(C)cc(C(=O)COC(=O)c3nc(Cl)ccc3Cl)c2C)cc1OC. The van der Waals surface area contributed by atoms with Crippen LogP contribution in [0.15, 0.2) is 36.4 Å². The number of carbonyl (C=O) groups excluding carboxylic acids is 2. The van der Waals surface area contributed by atoms with Gasteiger partial charge in [0.2, 0.25) is 5.78 Å².